The predicted molar refractivity (Wildman–Crippen MR) is 195 cm³/mol. The molecule has 256 valence electrons. The van der Waals surface area contributed by atoms with E-state index in [4.69, 9.17) is 9.47 Å². The summed E-state index contributed by atoms with van der Waals surface area (Å²) in [5.41, 5.74) is 5.15. The average molecular weight is 698 g/mol. The maximum Gasteiger partial charge on any atom is 0.306 e. The highest BCUT2D eigenvalue weighted by Gasteiger charge is 2.42. The predicted octanol–water partition coefficient (Wildman–Crippen LogP) is 12.4. The largest absolute Gasteiger partial charge is 0.460 e. The number of carbonyl (C=O) groups is 2. The molecule has 46 heavy (non-hydrogen) atoms. The van der Waals surface area contributed by atoms with Crippen LogP contribution < -0.4 is 0 Å². The number of unbranched alkanes of at least 4 members (excludes halogenated alkanes) is 12. The van der Waals surface area contributed by atoms with Crippen molar-refractivity contribution in [3.8, 4) is 11.1 Å². The first kappa shape index (κ1) is 38.3. The highest BCUT2D eigenvalue weighted by molar-refractivity contribution is 9.10. The van der Waals surface area contributed by atoms with E-state index in [1.165, 1.54) is 104 Å². The highest BCUT2D eigenvalue weighted by Crippen LogP contribution is 2.54. The lowest BCUT2D eigenvalue weighted by Crippen LogP contribution is -2.25. The fraction of sp³-hybridized carbons (Fsp3) is 0.659. The standard InChI is InChI=1S/C41H61BrO4/c1-39(2,3)45-37(43)25-17-13-9-7-11-15-21-29-41(30-22-16-12-8-10-14-18-26-38(44)46-40(4,5)6)35-24-20-19-23-33(35)34-28-27-32(42)31-36(34)41/h19-20,23-24,27-28,31H,7-18,21-22,25-26,29-30H2,1-6H3. The lowest BCUT2D eigenvalue weighted by atomic mass is 9.70. The Hall–Kier alpha value is -2.14. The second-order valence-electron chi connectivity index (χ2n) is 15.4. The van der Waals surface area contributed by atoms with Gasteiger partial charge in [0.05, 0.1) is 0 Å². The van der Waals surface area contributed by atoms with Crippen LogP contribution in [0.1, 0.15) is 168 Å². The van der Waals surface area contributed by atoms with Gasteiger partial charge >= 0.3 is 11.9 Å². The number of halogens is 1. The molecule has 0 saturated heterocycles. The third kappa shape index (κ3) is 12.8. The van der Waals surface area contributed by atoms with Gasteiger partial charge in [0.15, 0.2) is 0 Å². The second kappa shape index (κ2) is 18.4. The van der Waals surface area contributed by atoms with Crippen molar-refractivity contribution in [3.63, 3.8) is 0 Å². The van der Waals surface area contributed by atoms with Crippen LogP contribution in [0.25, 0.3) is 11.1 Å². The minimum absolute atomic E-state index is 0.0724. The number of ether oxygens (including phenoxy) is 2. The fourth-order valence-corrected chi connectivity index (χ4v) is 7.40. The van der Waals surface area contributed by atoms with Crippen LogP contribution in [0.2, 0.25) is 0 Å². The van der Waals surface area contributed by atoms with Gasteiger partial charge in [-0.2, -0.15) is 0 Å². The molecule has 4 nitrogen and oxygen atoms in total. The number of fused-ring (bicyclic) bond motifs is 3. The molecule has 2 aromatic carbocycles. The quantitative estimate of drug-likeness (QED) is 0.102. The van der Waals surface area contributed by atoms with Crippen molar-refractivity contribution in [2.75, 3.05) is 0 Å². The minimum atomic E-state index is -0.392. The third-order valence-electron chi connectivity index (χ3n) is 9.04. The van der Waals surface area contributed by atoms with E-state index in [1.807, 2.05) is 41.5 Å². The molecule has 0 N–H and O–H groups in total. The maximum atomic E-state index is 12.0. The smallest absolute Gasteiger partial charge is 0.306 e. The zero-order valence-electron chi connectivity index (χ0n) is 29.8. The Kier molecular flexibility index (Phi) is 15.3. The summed E-state index contributed by atoms with van der Waals surface area (Å²) >= 11 is 3.80. The summed E-state index contributed by atoms with van der Waals surface area (Å²) in [6.07, 6.45) is 19.8. The molecule has 0 atom stereocenters. The van der Waals surface area contributed by atoms with Crippen LogP contribution >= 0.6 is 15.9 Å². The Balaban J connectivity index is 1.47. The zero-order valence-corrected chi connectivity index (χ0v) is 31.4. The Bertz CT molecular complexity index is 1190. The van der Waals surface area contributed by atoms with Crippen molar-refractivity contribution in [2.24, 2.45) is 0 Å². The number of hydrogen-bond acceptors (Lipinski definition) is 4. The number of rotatable bonds is 20. The summed E-state index contributed by atoms with van der Waals surface area (Å²) in [6.45, 7) is 11.6. The lowest BCUT2D eigenvalue weighted by molar-refractivity contribution is -0.156. The first-order chi connectivity index (χ1) is 21.8. The van der Waals surface area contributed by atoms with Gasteiger partial charge in [-0.25, -0.2) is 0 Å². The molecule has 0 unspecified atom stereocenters. The van der Waals surface area contributed by atoms with Crippen molar-refractivity contribution >= 4 is 27.9 Å². The molecule has 3 rings (SSSR count). The highest BCUT2D eigenvalue weighted by atomic mass is 79.9. The van der Waals surface area contributed by atoms with Crippen LogP contribution in [0.3, 0.4) is 0 Å². The van der Waals surface area contributed by atoms with E-state index >= 15 is 0 Å². The summed E-state index contributed by atoms with van der Waals surface area (Å²) in [7, 11) is 0. The van der Waals surface area contributed by atoms with E-state index in [1.54, 1.807) is 0 Å². The zero-order chi connectivity index (χ0) is 33.6. The first-order valence-electron chi connectivity index (χ1n) is 18.1. The van der Waals surface area contributed by atoms with Gasteiger partial charge in [-0.3, -0.25) is 9.59 Å². The van der Waals surface area contributed by atoms with Gasteiger partial charge in [-0.05, 0) is 102 Å². The molecule has 1 aliphatic carbocycles. The van der Waals surface area contributed by atoms with Crippen LogP contribution in [0, 0.1) is 0 Å². The van der Waals surface area contributed by atoms with Crippen molar-refractivity contribution in [1.29, 1.82) is 0 Å². The molecule has 0 aliphatic heterocycles. The van der Waals surface area contributed by atoms with Crippen LogP contribution in [-0.2, 0) is 24.5 Å². The van der Waals surface area contributed by atoms with Crippen molar-refractivity contribution in [2.45, 2.75) is 174 Å². The lowest BCUT2D eigenvalue weighted by Gasteiger charge is -2.33. The molecule has 0 bridgehead atoms. The number of benzene rings is 2. The topological polar surface area (TPSA) is 52.6 Å². The summed E-state index contributed by atoms with van der Waals surface area (Å²) in [6, 6.07) is 16.0. The number of hydrogen-bond donors (Lipinski definition) is 0. The number of carbonyl (C=O) groups excluding carboxylic acids is 2. The summed E-state index contributed by atoms with van der Waals surface area (Å²) < 4.78 is 12.0. The SMILES string of the molecule is CC(C)(C)OC(=O)CCCCCCCCCC1(CCCCCCCCCC(=O)OC(C)(C)C)c2ccccc2-c2ccc(Br)cc21. The van der Waals surface area contributed by atoms with Crippen molar-refractivity contribution < 1.29 is 19.1 Å². The molecule has 0 radical (unpaired) electrons. The molecule has 5 heteroatoms. The van der Waals surface area contributed by atoms with Gasteiger partial charge in [0.2, 0.25) is 0 Å². The van der Waals surface area contributed by atoms with Crippen LogP contribution in [0.5, 0.6) is 0 Å². The molecule has 0 heterocycles. The first-order valence-corrected chi connectivity index (χ1v) is 18.9. The van der Waals surface area contributed by atoms with E-state index in [0.29, 0.717) is 12.8 Å². The van der Waals surface area contributed by atoms with Gasteiger partial charge < -0.3 is 9.47 Å². The summed E-state index contributed by atoms with van der Waals surface area (Å²) in [5, 5.41) is 0. The molecule has 2 aromatic rings. The fourth-order valence-electron chi connectivity index (χ4n) is 7.04. The van der Waals surface area contributed by atoms with Crippen LogP contribution in [0.15, 0.2) is 46.9 Å². The number of esters is 2. The van der Waals surface area contributed by atoms with E-state index in [0.717, 1.165) is 25.7 Å². The monoisotopic (exact) mass is 696 g/mol. The molecule has 0 fully saturated rings. The Morgan fingerprint density at radius 1 is 0.565 bits per heavy atom. The van der Waals surface area contributed by atoms with Gasteiger partial charge in [0.25, 0.3) is 0 Å². The summed E-state index contributed by atoms with van der Waals surface area (Å²) in [5.74, 6) is -0.145. The van der Waals surface area contributed by atoms with E-state index in [2.05, 4.69) is 58.4 Å². The van der Waals surface area contributed by atoms with E-state index < -0.39 is 11.2 Å². The van der Waals surface area contributed by atoms with Gasteiger partial charge in [0.1, 0.15) is 11.2 Å². The molecule has 0 amide bonds. The maximum absolute atomic E-state index is 12.0. The normalized spacial score (nSPS) is 13.7. The Morgan fingerprint density at radius 3 is 1.46 bits per heavy atom. The molecule has 0 aromatic heterocycles. The van der Waals surface area contributed by atoms with E-state index in [-0.39, 0.29) is 17.4 Å². The van der Waals surface area contributed by atoms with Gasteiger partial charge in [0, 0.05) is 22.7 Å². The molecule has 0 saturated carbocycles. The molecule has 1 aliphatic rings. The molecular formula is C41H61BrO4. The van der Waals surface area contributed by atoms with Gasteiger partial charge in [-0.1, -0.05) is 123 Å². The Labute approximate surface area is 288 Å². The van der Waals surface area contributed by atoms with Gasteiger partial charge in [-0.15, -0.1) is 0 Å². The van der Waals surface area contributed by atoms with E-state index in [9.17, 15) is 9.59 Å². The second-order valence-corrected chi connectivity index (χ2v) is 16.4. The third-order valence-corrected chi connectivity index (χ3v) is 9.53. The van der Waals surface area contributed by atoms with Crippen molar-refractivity contribution in [3.05, 3.63) is 58.1 Å². The van der Waals surface area contributed by atoms with Crippen molar-refractivity contribution in [1.82, 2.24) is 0 Å². The van der Waals surface area contributed by atoms with Crippen LogP contribution in [-0.4, -0.2) is 23.1 Å². The van der Waals surface area contributed by atoms with Crippen LogP contribution in [0.4, 0.5) is 0 Å². The molecular weight excluding hydrogens is 636 g/mol. The average Bonchev–Trinajstić information content (AvgIpc) is 3.22. The minimum Gasteiger partial charge on any atom is -0.460 e. The summed E-state index contributed by atoms with van der Waals surface area (Å²) in [4.78, 5) is 23.9. The molecule has 0 spiro atoms. The Morgan fingerprint density at radius 2 is 0.978 bits per heavy atom.